The summed E-state index contributed by atoms with van der Waals surface area (Å²) in [6, 6.07) is -0.712. The van der Waals surface area contributed by atoms with Gasteiger partial charge in [-0.1, -0.05) is 0 Å². The zero-order valence-corrected chi connectivity index (χ0v) is 22.0. The van der Waals surface area contributed by atoms with Crippen molar-refractivity contribution in [2.45, 2.75) is 62.4 Å². The Morgan fingerprint density at radius 3 is 2.62 bits per heavy atom. The SMILES string of the molecule is C[C@@H]1O[C@@H](O[C@H]2C[C@](O)(C(=O)CO)Cc3c(O)c4c(c(O)c32)C(=O)C=C(/C=C\[CH]=[Pt])C4=O)C[C@H](N)[C@@H]1O. The molecule has 0 bridgehead atoms. The Kier molecular flexibility index (Phi) is 7.79. The minimum absolute atomic E-state index is 0.0251. The van der Waals surface area contributed by atoms with E-state index in [1.165, 1.54) is 12.2 Å². The smallest absolute Gasteiger partial charge is 0.0952 e. The molecule has 202 valence electrons. The van der Waals surface area contributed by atoms with E-state index in [4.69, 9.17) is 15.2 Å². The molecule has 1 aromatic carbocycles. The predicted molar refractivity (Wildman–Crippen MR) is 124 cm³/mol. The van der Waals surface area contributed by atoms with Crippen LogP contribution in [0.25, 0.3) is 0 Å². The summed E-state index contributed by atoms with van der Waals surface area (Å²) in [5.41, 5.74) is 2.60. The molecular weight excluding hydrogens is 669 g/mol. The van der Waals surface area contributed by atoms with Gasteiger partial charge in [0.05, 0.1) is 12.2 Å². The summed E-state index contributed by atoms with van der Waals surface area (Å²) >= 11 is 1.91. The Labute approximate surface area is 222 Å². The molecule has 0 spiro atoms. The second kappa shape index (κ2) is 10.4. The van der Waals surface area contributed by atoms with E-state index >= 15 is 0 Å². The molecule has 3 aliphatic rings. The van der Waals surface area contributed by atoms with Crippen molar-refractivity contribution in [2.24, 2.45) is 5.73 Å². The molecule has 7 N–H and O–H groups in total. The normalized spacial score (nSPS) is 31.6. The third-order valence-electron chi connectivity index (χ3n) is 6.99. The van der Waals surface area contributed by atoms with E-state index in [0.29, 0.717) is 0 Å². The van der Waals surface area contributed by atoms with Crippen molar-refractivity contribution in [1.29, 1.82) is 0 Å². The zero-order valence-electron chi connectivity index (χ0n) is 19.7. The number of allylic oxidation sites excluding steroid dienone is 4. The van der Waals surface area contributed by atoms with Gasteiger partial charge < -0.3 is 20.7 Å². The number of carbonyl (C=O) groups excluding carboxylic acids is 3. The van der Waals surface area contributed by atoms with Gasteiger partial charge in [0, 0.05) is 12.5 Å². The molecule has 0 unspecified atom stereocenters. The fourth-order valence-corrected chi connectivity index (χ4v) is 5.28. The number of Topliss-reactive ketones (excluding diaryl/α,β-unsaturated/α-hetero) is 2. The van der Waals surface area contributed by atoms with Gasteiger partial charge in [-0.3, -0.25) is 0 Å². The molecule has 1 saturated heterocycles. The van der Waals surface area contributed by atoms with Gasteiger partial charge in [-0.15, -0.1) is 0 Å². The van der Waals surface area contributed by atoms with E-state index in [1.807, 2.05) is 19.4 Å². The zero-order chi connectivity index (χ0) is 27.2. The van der Waals surface area contributed by atoms with Crippen LogP contribution in [-0.4, -0.2) is 84.0 Å². The van der Waals surface area contributed by atoms with Crippen molar-refractivity contribution < 1.29 is 68.7 Å². The third-order valence-corrected chi connectivity index (χ3v) is 7.43. The molecule has 4 rings (SSSR count). The number of aliphatic hydroxyl groups is 3. The number of carbonyl (C=O) groups is 3. The number of ether oxygens (including phenoxy) is 2. The van der Waals surface area contributed by atoms with Crippen LogP contribution in [0.15, 0.2) is 23.8 Å². The fourth-order valence-electron chi connectivity index (χ4n) is 5.07. The number of hydrogen-bond donors (Lipinski definition) is 6. The van der Waals surface area contributed by atoms with Crippen LogP contribution in [0.4, 0.5) is 0 Å². The van der Waals surface area contributed by atoms with Crippen LogP contribution in [0.2, 0.25) is 0 Å². The van der Waals surface area contributed by atoms with E-state index < -0.39 is 95.7 Å². The van der Waals surface area contributed by atoms with Crippen molar-refractivity contribution in [3.63, 3.8) is 0 Å². The van der Waals surface area contributed by atoms with E-state index in [0.717, 1.165) is 6.08 Å². The summed E-state index contributed by atoms with van der Waals surface area (Å²) in [6.45, 7) is 0.574. The Bertz CT molecular complexity index is 1230. The minimum Gasteiger partial charge on any atom is -0.389 e. The molecule has 1 fully saturated rings. The minimum atomic E-state index is -2.22. The Morgan fingerprint density at radius 1 is 1.30 bits per heavy atom. The molecule has 1 aliphatic heterocycles. The number of ketones is 3. The summed E-state index contributed by atoms with van der Waals surface area (Å²) in [5.74, 6) is -3.72. The van der Waals surface area contributed by atoms with Gasteiger partial charge in [0.2, 0.25) is 0 Å². The van der Waals surface area contributed by atoms with Crippen molar-refractivity contribution in [3.05, 3.63) is 46.1 Å². The van der Waals surface area contributed by atoms with Crippen LogP contribution < -0.4 is 5.73 Å². The summed E-state index contributed by atoms with van der Waals surface area (Å²) in [6.07, 6.45) is -1.03. The first-order chi connectivity index (χ1) is 17.4. The summed E-state index contributed by atoms with van der Waals surface area (Å²) in [4.78, 5) is 38.7. The molecule has 37 heavy (non-hydrogen) atoms. The van der Waals surface area contributed by atoms with Crippen LogP contribution in [0, 0.1) is 0 Å². The third kappa shape index (κ3) is 4.81. The first-order valence-corrected chi connectivity index (χ1v) is 12.8. The molecule has 12 heteroatoms. The number of phenols is 2. The number of phenolic OH excluding ortho intramolecular Hbond substituents is 2. The summed E-state index contributed by atoms with van der Waals surface area (Å²) in [5, 5.41) is 53.1. The number of rotatable bonds is 6. The fraction of sp³-hybridized carbons (Fsp3) is 0.440. The van der Waals surface area contributed by atoms with E-state index in [1.54, 1.807) is 11.3 Å². The molecule has 0 radical (unpaired) electrons. The van der Waals surface area contributed by atoms with Crippen LogP contribution in [0.5, 0.6) is 11.5 Å². The molecule has 1 aromatic rings. The first-order valence-electron chi connectivity index (χ1n) is 11.5. The topological polar surface area (TPSA) is 197 Å². The van der Waals surface area contributed by atoms with Crippen LogP contribution >= 0.6 is 0 Å². The maximum absolute atomic E-state index is 13.2. The van der Waals surface area contributed by atoms with Crippen molar-refractivity contribution in [1.82, 2.24) is 0 Å². The largest absolute Gasteiger partial charge is 0.389 e. The van der Waals surface area contributed by atoms with Crippen LogP contribution in [0.1, 0.15) is 57.7 Å². The summed E-state index contributed by atoms with van der Waals surface area (Å²) < 4.78 is 13.3. The van der Waals surface area contributed by atoms with E-state index in [-0.39, 0.29) is 23.1 Å². The Balaban J connectivity index is 1.86. The van der Waals surface area contributed by atoms with Gasteiger partial charge in [0.15, 0.2) is 0 Å². The average molecular weight is 697 g/mol. The number of aliphatic hydroxyl groups excluding tert-OH is 2. The number of fused-ring (bicyclic) bond motifs is 2. The van der Waals surface area contributed by atoms with Crippen molar-refractivity contribution >= 4 is 21.8 Å². The molecule has 2 aliphatic carbocycles. The molecular formula is C25H27NO10Pt. The molecule has 6 atom stereocenters. The van der Waals surface area contributed by atoms with Gasteiger partial charge in [0.1, 0.15) is 0 Å². The van der Waals surface area contributed by atoms with E-state index in [2.05, 4.69) is 0 Å². The second-order valence-corrected chi connectivity index (χ2v) is 10.1. The maximum Gasteiger partial charge on any atom is 0.0952 e. The molecule has 0 aromatic heterocycles. The van der Waals surface area contributed by atoms with Crippen molar-refractivity contribution in [3.8, 4) is 11.5 Å². The molecule has 11 nitrogen and oxygen atoms in total. The van der Waals surface area contributed by atoms with Gasteiger partial charge in [-0.05, 0) is 6.92 Å². The van der Waals surface area contributed by atoms with Gasteiger partial charge >= 0.3 is 171 Å². The summed E-state index contributed by atoms with van der Waals surface area (Å²) in [7, 11) is 0. The maximum atomic E-state index is 13.2. The molecule has 1 heterocycles. The number of aromatic hydroxyl groups is 2. The van der Waals surface area contributed by atoms with Crippen LogP contribution in [0.3, 0.4) is 0 Å². The Morgan fingerprint density at radius 2 is 2.00 bits per heavy atom. The predicted octanol–water partition coefficient (Wildman–Crippen LogP) is -0.572. The second-order valence-electron chi connectivity index (χ2n) is 9.38. The van der Waals surface area contributed by atoms with Gasteiger partial charge in [-0.25, -0.2) is 0 Å². The quantitative estimate of drug-likeness (QED) is 0.209. The molecule has 0 amide bonds. The average Bonchev–Trinajstić information content (AvgIpc) is 2.85. The number of benzene rings is 1. The number of hydrogen-bond acceptors (Lipinski definition) is 11. The van der Waals surface area contributed by atoms with Crippen molar-refractivity contribution in [2.75, 3.05) is 6.61 Å². The van der Waals surface area contributed by atoms with Gasteiger partial charge in [-0.2, -0.15) is 0 Å². The monoisotopic (exact) mass is 696 g/mol. The van der Waals surface area contributed by atoms with Gasteiger partial charge in [0.25, 0.3) is 0 Å². The van der Waals surface area contributed by atoms with E-state index in [9.17, 15) is 39.9 Å². The van der Waals surface area contributed by atoms with Crippen LogP contribution in [-0.2, 0) is 40.0 Å². The Hall–Kier alpha value is -2.37. The standard InChI is InChI=1S/C25H27NO10.Pt/c1-3-4-11-5-14(28)19-20(22(11)31)23(32)12-7-25(34,16(29)9-27)8-15(18(12)24(19)33)36-17-6-13(26)21(30)10(2)35-17;/h1,3-5,10,13,15,17,21,27,30,32-34H,6-9,26H2,2H3;/b4-3-;/t10-,13-,15-,17-,21+,25-;/m0./s1. The number of nitrogens with two attached hydrogens (primary N) is 1. The first kappa shape index (κ1) is 27.7. The molecule has 0 saturated carbocycles.